The molecule has 0 bridgehead atoms. The number of rotatable bonds is 4. The molecule has 4 heterocycles. The molecule has 1 aliphatic heterocycles. The second kappa shape index (κ2) is 6.62. The zero-order chi connectivity index (χ0) is 18.1. The number of piperidine rings is 1. The van der Waals surface area contributed by atoms with Gasteiger partial charge in [-0.25, -0.2) is 9.50 Å². The van der Waals surface area contributed by atoms with E-state index < -0.39 is 0 Å². The molecule has 1 aliphatic rings. The SMILES string of the molecule is C=CC(=O)N1CCC[C@@H](Oc2nc(-c3cnn(C)c3)cn3nccc23)C1. The summed E-state index contributed by atoms with van der Waals surface area (Å²) in [4.78, 5) is 18.3. The lowest BCUT2D eigenvalue weighted by Gasteiger charge is -2.32. The Hall–Kier alpha value is -3.16. The van der Waals surface area contributed by atoms with Crippen LogP contribution in [0.1, 0.15) is 12.8 Å². The highest BCUT2D eigenvalue weighted by Gasteiger charge is 2.25. The van der Waals surface area contributed by atoms with Crippen molar-refractivity contribution >= 4 is 11.4 Å². The Morgan fingerprint density at radius 3 is 3.04 bits per heavy atom. The Morgan fingerprint density at radius 2 is 2.27 bits per heavy atom. The van der Waals surface area contributed by atoms with E-state index in [4.69, 9.17) is 4.74 Å². The van der Waals surface area contributed by atoms with Crippen LogP contribution in [0.2, 0.25) is 0 Å². The van der Waals surface area contributed by atoms with Crippen molar-refractivity contribution in [1.82, 2.24) is 29.3 Å². The molecule has 3 aromatic heterocycles. The number of nitrogens with zero attached hydrogens (tertiary/aromatic N) is 6. The van der Waals surface area contributed by atoms with Crippen molar-refractivity contribution in [2.45, 2.75) is 18.9 Å². The fourth-order valence-electron chi connectivity index (χ4n) is 3.20. The average molecular weight is 352 g/mol. The zero-order valence-corrected chi connectivity index (χ0v) is 14.6. The molecule has 0 N–H and O–H groups in total. The molecule has 1 saturated heterocycles. The van der Waals surface area contributed by atoms with Crippen LogP contribution >= 0.6 is 0 Å². The summed E-state index contributed by atoms with van der Waals surface area (Å²) in [5.41, 5.74) is 2.42. The molecule has 1 fully saturated rings. The van der Waals surface area contributed by atoms with Crippen LogP contribution in [0.15, 0.2) is 43.5 Å². The number of carbonyl (C=O) groups excluding carboxylic acids is 1. The van der Waals surface area contributed by atoms with E-state index in [0.29, 0.717) is 12.4 Å². The van der Waals surface area contributed by atoms with Gasteiger partial charge in [-0.3, -0.25) is 9.48 Å². The maximum absolute atomic E-state index is 11.9. The smallest absolute Gasteiger partial charge is 0.246 e. The minimum absolute atomic E-state index is 0.0649. The Morgan fingerprint density at radius 1 is 1.38 bits per heavy atom. The van der Waals surface area contributed by atoms with E-state index in [9.17, 15) is 4.79 Å². The molecule has 8 heteroatoms. The Balaban J connectivity index is 1.64. The summed E-state index contributed by atoms with van der Waals surface area (Å²) in [7, 11) is 1.86. The highest BCUT2D eigenvalue weighted by atomic mass is 16.5. The van der Waals surface area contributed by atoms with Crippen LogP contribution < -0.4 is 4.74 Å². The first-order chi connectivity index (χ1) is 12.6. The molecule has 1 atom stereocenters. The first-order valence-electron chi connectivity index (χ1n) is 8.55. The molecule has 0 aliphatic carbocycles. The van der Waals surface area contributed by atoms with Gasteiger partial charge in [-0.1, -0.05) is 6.58 Å². The van der Waals surface area contributed by atoms with E-state index in [1.165, 1.54) is 6.08 Å². The van der Waals surface area contributed by atoms with E-state index in [0.717, 1.165) is 36.2 Å². The summed E-state index contributed by atoms with van der Waals surface area (Å²) < 4.78 is 9.67. The standard InChI is InChI=1S/C18H20N6O2/c1-3-17(25)23-8-4-5-14(11-23)26-18-16-6-7-19-24(16)12-15(21-18)13-9-20-22(2)10-13/h3,6-7,9-10,12,14H,1,4-5,8,11H2,2H3/t14-/m1/s1. The number of carbonyl (C=O) groups is 1. The highest BCUT2D eigenvalue weighted by molar-refractivity contribution is 5.87. The molecule has 4 rings (SSSR count). The van der Waals surface area contributed by atoms with Crippen LogP contribution in [-0.2, 0) is 11.8 Å². The molecule has 0 aromatic carbocycles. The molecule has 0 radical (unpaired) electrons. The first-order valence-corrected chi connectivity index (χ1v) is 8.55. The summed E-state index contributed by atoms with van der Waals surface area (Å²) in [6.45, 7) is 4.83. The quantitative estimate of drug-likeness (QED) is 0.668. The molecule has 0 unspecified atom stereocenters. The highest BCUT2D eigenvalue weighted by Crippen LogP contribution is 2.26. The lowest BCUT2D eigenvalue weighted by Crippen LogP contribution is -2.43. The van der Waals surface area contributed by atoms with E-state index in [1.807, 2.05) is 25.5 Å². The van der Waals surface area contributed by atoms with E-state index in [1.54, 1.807) is 26.5 Å². The fourth-order valence-corrected chi connectivity index (χ4v) is 3.20. The van der Waals surface area contributed by atoms with Crippen molar-refractivity contribution < 1.29 is 9.53 Å². The van der Waals surface area contributed by atoms with Crippen LogP contribution in [0.3, 0.4) is 0 Å². The molecule has 0 spiro atoms. The monoisotopic (exact) mass is 352 g/mol. The number of ether oxygens (including phenoxy) is 1. The van der Waals surface area contributed by atoms with Crippen molar-refractivity contribution in [2.24, 2.45) is 7.05 Å². The van der Waals surface area contributed by atoms with Crippen LogP contribution in [0.5, 0.6) is 5.88 Å². The Labute approximate surface area is 150 Å². The second-order valence-electron chi connectivity index (χ2n) is 6.37. The largest absolute Gasteiger partial charge is 0.471 e. The summed E-state index contributed by atoms with van der Waals surface area (Å²) in [6, 6.07) is 1.87. The van der Waals surface area contributed by atoms with Crippen molar-refractivity contribution in [1.29, 1.82) is 0 Å². The summed E-state index contributed by atoms with van der Waals surface area (Å²) in [5.74, 6) is 0.451. The Bertz CT molecular complexity index is 960. The van der Waals surface area contributed by atoms with E-state index in [2.05, 4.69) is 21.8 Å². The normalized spacial score (nSPS) is 17.4. The van der Waals surface area contributed by atoms with Crippen LogP contribution in [0.25, 0.3) is 16.8 Å². The molecule has 0 saturated carbocycles. The van der Waals surface area contributed by atoms with Gasteiger partial charge < -0.3 is 9.64 Å². The zero-order valence-electron chi connectivity index (χ0n) is 14.6. The molecule has 26 heavy (non-hydrogen) atoms. The van der Waals surface area contributed by atoms with Gasteiger partial charge in [0.15, 0.2) is 0 Å². The van der Waals surface area contributed by atoms with Crippen molar-refractivity contribution in [3.05, 3.63) is 43.5 Å². The third-order valence-corrected chi connectivity index (χ3v) is 4.50. The van der Waals surface area contributed by atoms with Crippen LogP contribution in [0.4, 0.5) is 0 Å². The molecule has 3 aromatic rings. The Kier molecular flexibility index (Phi) is 4.16. The summed E-state index contributed by atoms with van der Waals surface area (Å²) >= 11 is 0. The van der Waals surface area contributed by atoms with Crippen molar-refractivity contribution in [3.8, 4) is 17.1 Å². The lowest BCUT2D eigenvalue weighted by molar-refractivity contribution is -0.128. The van der Waals surface area contributed by atoms with Gasteiger partial charge >= 0.3 is 0 Å². The number of aromatic nitrogens is 5. The maximum atomic E-state index is 11.9. The first kappa shape index (κ1) is 16.3. The third kappa shape index (κ3) is 3.05. The van der Waals surface area contributed by atoms with Crippen molar-refractivity contribution in [2.75, 3.05) is 13.1 Å². The molecular weight excluding hydrogens is 332 g/mol. The van der Waals surface area contributed by atoms with Crippen LogP contribution in [0, 0.1) is 0 Å². The predicted octanol–water partition coefficient (Wildman–Crippen LogP) is 1.69. The van der Waals surface area contributed by atoms with Gasteiger partial charge in [-0.05, 0) is 25.0 Å². The maximum Gasteiger partial charge on any atom is 0.246 e. The summed E-state index contributed by atoms with van der Waals surface area (Å²) in [6.07, 6.45) is 10.2. The average Bonchev–Trinajstić information content (AvgIpc) is 3.30. The van der Waals surface area contributed by atoms with E-state index >= 15 is 0 Å². The van der Waals surface area contributed by atoms with Gasteiger partial charge in [-0.15, -0.1) is 0 Å². The number of hydrogen-bond acceptors (Lipinski definition) is 5. The molecule has 134 valence electrons. The number of hydrogen-bond donors (Lipinski definition) is 0. The number of fused-ring (bicyclic) bond motifs is 1. The lowest BCUT2D eigenvalue weighted by atomic mass is 10.1. The molecule has 8 nitrogen and oxygen atoms in total. The second-order valence-corrected chi connectivity index (χ2v) is 6.37. The molecular formula is C18H20N6O2. The van der Waals surface area contributed by atoms with Gasteiger partial charge in [0.2, 0.25) is 11.8 Å². The topological polar surface area (TPSA) is 77.6 Å². The minimum Gasteiger partial charge on any atom is -0.471 e. The van der Waals surface area contributed by atoms with E-state index in [-0.39, 0.29) is 12.0 Å². The van der Waals surface area contributed by atoms with Crippen LogP contribution in [-0.4, -0.2) is 54.4 Å². The van der Waals surface area contributed by atoms with Gasteiger partial charge in [0.05, 0.1) is 30.8 Å². The molecule has 1 amide bonds. The summed E-state index contributed by atoms with van der Waals surface area (Å²) in [5, 5.41) is 8.51. The van der Waals surface area contributed by atoms with Gasteiger partial charge in [0, 0.05) is 25.4 Å². The van der Waals surface area contributed by atoms with Crippen molar-refractivity contribution in [3.63, 3.8) is 0 Å². The predicted molar refractivity (Wildman–Crippen MR) is 95.6 cm³/mol. The fraction of sp³-hybridized carbons (Fsp3) is 0.333. The number of likely N-dealkylation sites (tertiary alicyclic amines) is 1. The third-order valence-electron chi connectivity index (χ3n) is 4.50. The number of aryl methyl sites for hydroxylation is 1. The van der Waals surface area contributed by atoms with Gasteiger partial charge in [-0.2, -0.15) is 10.2 Å². The van der Waals surface area contributed by atoms with Gasteiger partial charge in [0.1, 0.15) is 11.6 Å². The van der Waals surface area contributed by atoms with Gasteiger partial charge in [0.25, 0.3) is 0 Å². The minimum atomic E-state index is -0.108. The number of amides is 1.